The van der Waals surface area contributed by atoms with Gasteiger partial charge >= 0.3 is 5.97 Å². The zero-order valence-electron chi connectivity index (χ0n) is 15.6. The van der Waals surface area contributed by atoms with E-state index in [4.69, 9.17) is 10.5 Å². The monoisotopic (exact) mass is 352 g/mol. The largest absolute Gasteiger partial charge is 0.466 e. The number of hydrogen-bond acceptors (Lipinski definition) is 4. The molecular formula is C19H32N2O4. The first-order chi connectivity index (χ1) is 11.8. The molecule has 0 radical (unpaired) electrons. The Kier molecular flexibility index (Phi) is 6.47. The van der Waals surface area contributed by atoms with E-state index in [-0.39, 0.29) is 29.6 Å². The summed E-state index contributed by atoms with van der Waals surface area (Å²) >= 11 is 0. The summed E-state index contributed by atoms with van der Waals surface area (Å²) in [5, 5.41) is 0. The molecule has 0 aromatic carbocycles. The number of nitrogens with two attached hydrogens (primary N) is 1. The van der Waals surface area contributed by atoms with Gasteiger partial charge in [-0.25, -0.2) is 0 Å². The minimum absolute atomic E-state index is 0.0402. The van der Waals surface area contributed by atoms with Gasteiger partial charge in [-0.15, -0.1) is 0 Å². The van der Waals surface area contributed by atoms with Gasteiger partial charge in [-0.2, -0.15) is 0 Å². The third kappa shape index (κ3) is 4.95. The maximum Gasteiger partial charge on any atom is 0.313 e. The average Bonchev–Trinajstić information content (AvgIpc) is 2.55. The number of ether oxygens (including phenoxy) is 1. The number of likely N-dealkylation sites (tertiary alicyclic amines) is 1. The molecule has 25 heavy (non-hydrogen) atoms. The lowest BCUT2D eigenvalue weighted by Gasteiger charge is -2.41. The predicted octanol–water partition coefficient (Wildman–Crippen LogP) is 2.39. The molecule has 2 rings (SSSR count). The molecule has 1 aliphatic carbocycles. The van der Waals surface area contributed by atoms with Crippen LogP contribution >= 0.6 is 0 Å². The highest BCUT2D eigenvalue weighted by molar-refractivity contribution is 5.82. The number of carbonyl (C=O) groups is 3. The zero-order valence-corrected chi connectivity index (χ0v) is 15.6. The fraction of sp³-hybridized carbons (Fsp3) is 0.842. The van der Waals surface area contributed by atoms with Gasteiger partial charge in [-0.3, -0.25) is 14.4 Å². The van der Waals surface area contributed by atoms with Crippen molar-refractivity contribution in [2.24, 2.45) is 16.6 Å². The van der Waals surface area contributed by atoms with Crippen LogP contribution in [0.3, 0.4) is 0 Å². The summed E-state index contributed by atoms with van der Waals surface area (Å²) in [5.41, 5.74) is 4.53. The summed E-state index contributed by atoms with van der Waals surface area (Å²) in [6.07, 6.45) is 7.17. The number of piperidine rings is 1. The van der Waals surface area contributed by atoms with Crippen LogP contribution in [-0.2, 0) is 19.1 Å². The predicted molar refractivity (Wildman–Crippen MR) is 94.5 cm³/mol. The Morgan fingerprint density at radius 2 is 1.72 bits per heavy atom. The molecule has 1 unspecified atom stereocenters. The second-order valence-electron chi connectivity index (χ2n) is 8.08. The highest BCUT2D eigenvalue weighted by atomic mass is 16.5. The third-order valence-corrected chi connectivity index (χ3v) is 5.81. The van der Waals surface area contributed by atoms with Crippen molar-refractivity contribution < 1.29 is 19.1 Å². The van der Waals surface area contributed by atoms with Crippen LogP contribution in [0, 0.1) is 10.8 Å². The molecule has 0 aromatic heterocycles. The molecule has 1 saturated carbocycles. The van der Waals surface area contributed by atoms with Crippen LogP contribution in [0.25, 0.3) is 0 Å². The molecule has 0 aromatic rings. The van der Waals surface area contributed by atoms with Crippen molar-refractivity contribution in [3.63, 3.8) is 0 Å². The molecule has 1 heterocycles. The summed E-state index contributed by atoms with van der Waals surface area (Å²) in [5.74, 6) is -0.514. The van der Waals surface area contributed by atoms with Crippen LogP contribution in [0.4, 0.5) is 0 Å². The Labute approximate surface area is 150 Å². The number of carbonyl (C=O) groups excluding carboxylic acids is 3. The smallest absolute Gasteiger partial charge is 0.313 e. The van der Waals surface area contributed by atoms with Gasteiger partial charge in [-0.1, -0.05) is 19.3 Å². The minimum atomic E-state index is -0.632. The van der Waals surface area contributed by atoms with E-state index in [0.717, 1.165) is 44.9 Å². The second-order valence-corrected chi connectivity index (χ2v) is 8.08. The van der Waals surface area contributed by atoms with Crippen molar-refractivity contribution in [2.75, 3.05) is 19.7 Å². The molecule has 2 aliphatic rings. The van der Waals surface area contributed by atoms with Gasteiger partial charge in [0.2, 0.25) is 11.8 Å². The van der Waals surface area contributed by atoms with Gasteiger partial charge in [0.1, 0.15) is 0 Å². The van der Waals surface area contributed by atoms with Gasteiger partial charge in [0.05, 0.1) is 12.0 Å². The molecule has 0 bridgehead atoms. The number of esters is 1. The van der Waals surface area contributed by atoms with Gasteiger partial charge in [0, 0.05) is 25.9 Å². The summed E-state index contributed by atoms with van der Waals surface area (Å²) in [7, 11) is 0. The summed E-state index contributed by atoms with van der Waals surface area (Å²) in [6.45, 7) is 5.09. The van der Waals surface area contributed by atoms with Crippen LogP contribution in [-0.4, -0.2) is 42.4 Å². The maximum absolute atomic E-state index is 12.9. The van der Waals surface area contributed by atoms with Crippen LogP contribution in [0.2, 0.25) is 0 Å². The summed E-state index contributed by atoms with van der Waals surface area (Å²) in [4.78, 5) is 38.5. The SMILES string of the molecule is CCOC(=O)C1(C)CCCN(C(=O)CC2(CC(N)=O)CCCCC2)C1. The molecule has 2 fully saturated rings. The maximum atomic E-state index is 12.9. The van der Waals surface area contributed by atoms with E-state index >= 15 is 0 Å². The zero-order chi connectivity index (χ0) is 18.5. The number of rotatable bonds is 6. The number of primary amides is 1. The van der Waals surface area contributed by atoms with Gasteiger partial charge < -0.3 is 15.4 Å². The van der Waals surface area contributed by atoms with E-state index in [2.05, 4.69) is 0 Å². The van der Waals surface area contributed by atoms with E-state index in [1.165, 1.54) is 0 Å². The van der Waals surface area contributed by atoms with Crippen LogP contribution in [0.15, 0.2) is 0 Å². The molecule has 0 spiro atoms. The molecule has 6 nitrogen and oxygen atoms in total. The van der Waals surface area contributed by atoms with Crippen molar-refractivity contribution in [1.82, 2.24) is 4.90 Å². The molecule has 1 atom stereocenters. The van der Waals surface area contributed by atoms with Crippen LogP contribution in [0.5, 0.6) is 0 Å². The van der Waals surface area contributed by atoms with E-state index < -0.39 is 5.41 Å². The van der Waals surface area contributed by atoms with Crippen LogP contribution < -0.4 is 5.73 Å². The molecule has 1 aliphatic heterocycles. The second kappa shape index (κ2) is 8.19. The fourth-order valence-corrected chi connectivity index (χ4v) is 4.44. The first-order valence-corrected chi connectivity index (χ1v) is 9.54. The van der Waals surface area contributed by atoms with Crippen molar-refractivity contribution in [2.45, 2.75) is 71.6 Å². The first kappa shape index (κ1) is 19.7. The van der Waals surface area contributed by atoms with Gasteiger partial charge in [-0.05, 0) is 44.9 Å². The quantitative estimate of drug-likeness (QED) is 0.743. The Bertz CT molecular complexity index is 514. The van der Waals surface area contributed by atoms with E-state index in [1.807, 2.05) is 6.92 Å². The fourth-order valence-electron chi connectivity index (χ4n) is 4.44. The molecule has 2 amide bonds. The molecule has 142 valence electrons. The highest BCUT2D eigenvalue weighted by Gasteiger charge is 2.43. The average molecular weight is 352 g/mol. The highest BCUT2D eigenvalue weighted by Crippen LogP contribution is 2.43. The van der Waals surface area contributed by atoms with E-state index in [9.17, 15) is 14.4 Å². The van der Waals surface area contributed by atoms with Gasteiger partial charge in [0.25, 0.3) is 0 Å². The lowest BCUT2D eigenvalue weighted by Crippen LogP contribution is -2.50. The Morgan fingerprint density at radius 1 is 1.04 bits per heavy atom. The number of nitrogens with zero attached hydrogens (tertiary/aromatic N) is 1. The van der Waals surface area contributed by atoms with Gasteiger partial charge in [0.15, 0.2) is 0 Å². The first-order valence-electron chi connectivity index (χ1n) is 9.54. The molecular weight excluding hydrogens is 320 g/mol. The molecule has 1 saturated heterocycles. The lowest BCUT2D eigenvalue weighted by atomic mass is 9.69. The number of hydrogen-bond donors (Lipinski definition) is 1. The Morgan fingerprint density at radius 3 is 2.32 bits per heavy atom. The molecule has 2 N–H and O–H groups in total. The van der Waals surface area contributed by atoms with Crippen molar-refractivity contribution >= 4 is 17.8 Å². The lowest BCUT2D eigenvalue weighted by molar-refractivity contribution is -0.159. The normalized spacial score (nSPS) is 26.1. The summed E-state index contributed by atoms with van der Waals surface area (Å²) in [6, 6.07) is 0. The van der Waals surface area contributed by atoms with Crippen molar-refractivity contribution in [3.05, 3.63) is 0 Å². The Hall–Kier alpha value is -1.59. The van der Waals surface area contributed by atoms with E-state index in [1.54, 1.807) is 11.8 Å². The van der Waals surface area contributed by atoms with Crippen molar-refractivity contribution in [1.29, 1.82) is 0 Å². The minimum Gasteiger partial charge on any atom is -0.466 e. The molecule has 6 heteroatoms. The third-order valence-electron chi connectivity index (χ3n) is 5.81. The standard InChI is InChI=1S/C19H32N2O4/c1-3-25-17(24)18(2)8-7-11-21(14-18)16(23)13-19(12-15(20)22)9-5-4-6-10-19/h3-14H2,1-2H3,(H2,20,22). The van der Waals surface area contributed by atoms with E-state index in [0.29, 0.717) is 26.1 Å². The topological polar surface area (TPSA) is 89.7 Å². The van der Waals surface area contributed by atoms with Crippen LogP contribution in [0.1, 0.15) is 71.6 Å². The van der Waals surface area contributed by atoms with Crippen molar-refractivity contribution in [3.8, 4) is 0 Å². The number of amides is 2. The summed E-state index contributed by atoms with van der Waals surface area (Å²) < 4.78 is 5.20. The Balaban J connectivity index is 2.05.